The van der Waals surface area contributed by atoms with E-state index in [1.807, 2.05) is 0 Å². The molecular weight excluding hydrogens is 215 g/mol. The van der Waals surface area contributed by atoms with Crippen LogP contribution in [0.3, 0.4) is 0 Å². The van der Waals surface area contributed by atoms with Gasteiger partial charge in [-0.25, -0.2) is 12.7 Å². The molecule has 0 aliphatic heterocycles. The van der Waals surface area contributed by atoms with Crippen LogP contribution < -0.4 is 0 Å². The Kier molecular flexibility index (Phi) is 6.72. The van der Waals surface area contributed by atoms with Crippen molar-refractivity contribution in [3.8, 4) is 0 Å². The molecule has 0 N–H and O–H groups in total. The molecule has 0 fully saturated rings. The Morgan fingerprint density at radius 3 is 1.67 bits per heavy atom. The largest absolute Gasteiger partial charge is 3.00 e. The van der Waals surface area contributed by atoms with E-state index < -0.39 is 10.0 Å². The molecule has 5 heteroatoms. The van der Waals surface area contributed by atoms with Gasteiger partial charge in [0, 0.05) is 0 Å². The summed E-state index contributed by atoms with van der Waals surface area (Å²) >= 11 is 0. The van der Waals surface area contributed by atoms with Gasteiger partial charge in [0.2, 0.25) is 0 Å². The molecule has 0 aliphatic carbocycles. The zero-order chi connectivity index (χ0) is 6.78. The van der Waals surface area contributed by atoms with Crippen LogP contribution in [0.4, 0.5) is 0 Å². The van der Waals surface area contributed by atoms with Gasteiger partial charge in [0.25, 0.3) is 0 Å². The van der Waals surface area contributed by atoms with Crippen LogP contribution in [0.5, 0.6) is 0 Å². The van der Waals surface area contributed by atoms with Gasteiger partial charge in [-0.05, 0) is 14.1 Å². The van der Waals surface area contributed by atoms with E-state index in [4.69, 9.17) is 0 Å². The minimum atomic E-state index is -3.03. The molecule has 0 atom stereocenters. The maximum atomic E-state index is 10.6. The van der Waals surface area contributed by atoms with E-state index in [9.17, 15) is 8.42 Å². The second-order valence-electron chi connectivity index (χ2n) is 1.56. The molecule has 0 aromatic heterocycles. The minimum Gasteiger partial charge on any atom is -0.247 e. The zero-order valence-corrected chi connectivity index (χ0v) is 9.48. The maximum Gasteiger partial charge on any atom is 3.00 e. The first-order valence-electron chi connectivity index (χ1n) is 2.22. The molecule has 0 saturated carbocycles. The maximum absolute atomic E-state index is 10.6. The Balaban J connectivity index is 0. The topological polar surface area (TPSA) is 37.4 Å². The van der Waals surface area contributed by atoms with Gasteiger partial charge in [0.1, 0.15) is 0 Å². The Hall–Kier alpha value is 1.01. The fourth-order valence-electron chi connectivity index (χ4n) is 0.211. The zero-order valence-electron chi connectivity index (χ0n) is 5.83. The van der Waals surface area contributed by atoms with Crippen molar-refractivity contribution in [1.29, 1.82) is 0 Å². The van der Waals surface area contributed by atoms with Gasteiger partial charge in [-0.15, -0.1) is 0 Å². The van der Waals surface area contributed by atoms with Crippen LogP contribution >= 0.6 is 0 Å². The molecule has 0 saturated heterocycles. The van der Waals surface area contributed by atoms with Gasteiger partial charge in [0.15, 0.2) is 0 Å². The first kappa shape index (κ1) is 12.7. The molecule has 0 radical (unpaired) electrons. The fourth-order valence-corrected chi connectivity index (χ4v) is 0.632. The summed E-state index contributed by atoms with van der Waals surface area (Å²) in [7, 11) is -0.0370. The second-order valence-corrected chi connectivity index (χ2v) is 3.79. The van der Waals surface area contributed by atoms with Crippen molar-refractivity contribution in [2.75, 3.05) is 14.1 Å². The number of sulfonamides is 1. The fraction of sp³-hybridized carbons (Fsp3) is 0.750. The number of nitrogens with zero attached hydrogens (tertiary/aromatic N) is 1. The van der Waals surface area contributed by atoms with E-state index in [0.717, 1.165) is 10.1 Å². The van der Waals surface area contributed by atoms with Crippen LogP contribution in [0.2, 0.25) is 0 Å². The van der Waals surface area contributed by atoms with E-state index in [0.29, 0.717) is 0 Å². The van der Waals surface area contributed by atoms with Gasteiger partial charge >= 0.3 is 32.7 Å². The van der Waals surface area contributed by atoms with E-state index in [1.54, 1.807) is 0 Å². The average molecular weight is 225 g/mol. The van der Waals surface area contributed by atoms with Crippen molar-refractivity contribution in [1.82, 2.24) is 4.31 Å². The predicted molar refractivity (Wildman–Crippen MR) is 32.6 cm³/mol. The van der Waals surface area contributed by atoms with Gasteiger partial charge in [-0.2, -0.15) is 12.7 Å². The quantitative estimate of drug-likeness (QED) is 0.623. The van der Waals surface area contributed by atoms with E-state index in [1.165, 1.54) is 21.0 Å². The molecule has 0 heterocycles. The second kappa shape index (κ2) is 4.77. The number of hydrogen-bond donors (Lipinski definition) is 0. The first-order valence-corrected chi connectivity index (χ1v) is 3.73. The SMILES string of the molecule is C[CH-]S(=O)(=O)N(C)C.[Y+3]. The molecular formula is C4H10NO2SY+2. The van der Waals surface area contributed by atoms with Gasteiger partial charge in [0.05, 0.1) is 10.0 Å². The predicted octanol–water partition coefficient (Wildman–Crippen LogP) is 0.0570. The van der Waals surface area contributed by atoms with Crippen molar-refractivity contribution in [3.05, 3.63) is 5.75 Å². The molecule has 0 unspecified atom stereocenters. The van der Waals surface area contributed by atoms with Crippen molar-refractivity contribution in [2.24, 2.45) is 0 Å². The Morgan fingerprint density at radius 1 is 1.33 bits per heavy atom. The van der Waals surface area contributed by atoms with Crippen LogP contribution in [0.1, 0.15) is 6.92 Å². The molecule has 0 rings (SSSR count). The number of hydrogen-bond acceptors (Lipinski definition) is 2. The minimum absolute atomic E-state index is 0. The van der Waals surface area contributed by atoms with Gasteiger partial charge < -0.3 is 0 Å². The Bertz CT molecular complexity index is 152. The van der Waals surface area contributed by atoms with Crippen LogP contribution in [0, 0.1) is 5.75 Å². The monoisotopic (exact) mass is 225 g/mol. The summed E-state index contributed by atoms with van der Waals surface area (Å²) < 4.78 is 22.3. The van der Waals surface area contributed by atoms with Crippen molar-refractivity contribution < 1.29 is 41.1 Å². The van der Waals surface area contributed by atoms with Gasteiger partial charge in [-0.3, -0.25) is 0 Å². The molecule has 0 aromatic rings. The summed E-state index contributed by atoms with van der Waals surface area (Å²) in [6, 6.07) is 0. The first-order chi connectivity index (χ1) is 3.50. The van der Waals surface area contributed by atoms with Crippen LogP contribution in [-0.4, -0.2) is 26.8 Å². The van der Waals surface area contributed by atoms with Crippen molar-refractivity contribution in [3.63, 3.8) is 0 Å². The summed E-state index contributed by atoms with van der Waals surface area (Å²) in [5.74, 6) is 1.16. The van der Waals surface area contributed by atoms with E-state index in [2.05, 4.69) is 0 Å². The third-order valence-electron chi connectivity index (χ3n) is 0.807. The normalized spacial score (nSPS) is 11.1. The molecule has 0 aliphatic rings. The summed E-state index contributed by atoms with van der Waals surface area (Å²) in [6.07, 6.45) is 0. The van der Waals surface area contributed by atoms with Crippen LogP contribution in [-0.2, 0) is 42.7 Å². The van der Waals surface area contributed by atoms with Crippen molar-refractivity contribution >= 4 is 10.0 Å². The third kappa shape index (κ3) is 4.42. The molecule has 0 aromatic carbocycles. The molecule has 0 amide bonds. The third-order valence-corrected chi connectivity index (χ3v) is 2.42. The molecule has 0 bridgehead atoms. The van der Waals surface area contributed by atoms with Crippen LogP contribution in [0.25, 0.3) is 0 Å². The standard InChI is InChI=1S/C4H10NO2S.Y/c1-4-8(6,7)5(2)3;/h4H,1-3H3;/q-1;+3. The van der Waals surface area contributed by atoms with Crippen molar-refractivity contribution in [2.45, 2.75) is 6.92 Å². The average Bonchev–Trinajstić information content (AvgIpc) is 1.67. The van der Waals surface area contributed by atoms with E-state index >= 15 is 0 Å². The number of rotatable bonds is 2. The summed E-state index contributed by atoms with van der Waals surface area (Å²) in [6.45, 7) is 1.50. The Labute approximate surface area is 81.7 Å². The molecule has 50 valence electrons. The summed E-state index contributed by atoms with van der Waals surface area (Å²) in [5.41, 5.74) is 0. The smallest absolute Gasteiger partial charge is 0.247 e. The summed E-state index contributed by atoms with van der Waals surface area (Å²) in [5, 5.41) is 0. The van der Waals surface area contributed by atoms with E-state index in [-0.39, 0.29) is 32.7 Å². The summed E-state index contributed by atoms with van der Waals surface area (Å²) in [4.78, 5) is 0. The van der Waals surface area contributed by atoms with Gasteiger partial charge in [-0.1, -0.05) is 0 Å². The molecule has 0 spiro atoms. The Morgan fingerprint density at radius 2 is 1.67 bits per heavy atom. The molecule has 3 nitrogen and oxygen atoms in total. The van der Waals surface area contributed by atoms with Crippen LogP contribution in [0.15, 0.2) is 0 Å². The molecule has 9 heavy (non-hydrogen) atoms.